The number of aromatic nitrogens is 1. The number of carbonyl (C=O) groups excluding carboxylic acids is 1. The van der Waals surface area contributed by atoms with E-state index in [2.05, 4.69) is 9.47 Å². The number of nitrogens with zero attached hydrogens (tertiary/aromatic N) is 1. The summed E-state index contributed by atoms with van der Waals surface area (Å²) in [5.41, 5.74) is 10.9. The van der Waals surface area contributed by atoms with Gasteiger partial charge < -0.3 is 20.9 Å². The molecule has 0 fully saturated rings. The number of rotatable bonds is 4. The molecule has 1 heterocycles. The van der Waals surface area contributed by atoms with Crippen molar-refractivity contribution in [3.63, 3.8) is 0 Å². The number of aryl methyl sites for hydroxylation is 1. The van der Waals surface area contributed by atoms with E-state index in [9.17, 15) is 18.4 Å². The molecule has 28 heavy (non-hydrogen) atoms. The number of fused-ring (bicyclic) bond motifs is 1. The zero-order chi connectivity index (χ0) is 23.1. The van der Waals surface area contributed by atoms with Gasteiger partial charge in [0.15, 0.2) is 0 Å². The minimum atomic E-state index is -3.11. The number of nitrogen functional groups attached to an aromatic ring is 2. The fraction of sp³-hybridized carbons (Fsp3) is 0.158. The second kappa shape index (κ2) is 7.18. The maximum absolute atomic E-state index is 13.3. The minimum Gasteiger partial charge on any atom is -0.465 e. The summed E-state index contributed by atoms with van der Waals surface area (Å²) < 4.78 is 56.6. The molecule has 3 aromatic rings. The lowest BCUT2D eigenvalue weighted by molar-refractivity contribution is -0.0497. The van der Waals surface area contributed by atoms with Crippen LogP contribution in [0.2, 0.25) is 0 Å². The SMILES string of the molecule is [2H]C([2H])([2H])OC(=O)c1c(N)c2ccc(OC(F)F)cc2n(-c2ccc(N)cc2C)c1=O. The maximum Gasteiger partial charge on any atom is 0.387 e. The summed E-state index contributed by atoms with van der Waals surface area (Å²) in [7, 11) is -3.11. The van der Waals surface area contributed by atoms with Crippen LogP contribution in [-0.4, -0.2) is 24.2 Å². The van der Waals surface area contributed by atoms with Gasteiger partial charge >= 0.3 is 12.6 Å². The average Bonchev–Trinajstić information content (AvgIpc) is 2.61. The summed E-state index contributed by atoms with van der Waals surface area (Å²) in [6, 6.07) is 8.15. The van der Waals surface area contributed by atoms with Crippen LogP contribution in [0.25, 0.3) is 16.6 Å². The molecule has 0 saturated carbocycles. The lowest BCUT2D eigenvalue weighted by Crippen LogP contribution is -2.28. The predicted molar refractivity (Wildman–Crippen MR) is 101 cm³/mol. The molecule has 7 nitrogen and oxygen atoms in total. The topological polar surface area (TPSA) is 110 Å². The number of halogens is 2. The van der Waals surface area contributed by atoms with Crippen LogP contribution in [0.1, 0.15) is 20.0 Å². The largest absolute Gasteiger partial charge is 0.465 e. The van der Waals surface area contributed by atoms with Crippen LogP contribution < -0.4 is 21.8 Å². The van der Waals surface area contributed by atoms with Gasteiger partial charge in [0.25, 0.3) is 5.56 Å². The Labute approximate surface area is 162 Å². The van der Waals surface area contributed by atoms with Crippen LogP contribution in [0.15, 0.2) is 41.2 Å². The summed E-state index contributed by atoms with van der Waals surface area (Å²) in [5.74, 6) is -1.69. The van der Waals surface area contributed by atoms with Crippen molar-refractivity contribution >= 4 is 28.2 Å². The number of esters is 1. The molecular formula is C19H17F2N3O4. The standard InChI is InChI=1S/C19H17F2N3O4/c1-9-7-10(22)3-6-13(9)24-14-8-11(28-19(20)21)4-5-12(14)16(23)15(17(24)25)18(26)27-2/h3-8,19H,22-23H2,1-2H3/i2D3. The van der Waals surface area contributed by atoms with Crippen LogP contribution in [0.3, 0.4) is 0 Å². The fourth-order valence-corrected chi connectivity index (χ4v) is 2.99. The minimum absolute atomic E-state index is 0.0546. The molecule has 4 N–H and O–H groups in total. The molecule has 0 aliphatic rings. The monoisotopic (exact) mass is 392 g/mol. The molecule has 0 saturated heterocycles. The Morgan fingerprint density at radius 1 is 1.21 bits per heavy atom. The average molecular weight is 392 g/mol. The number of pyridine rings is 1. The first kappa shape index (κ1) is 15.4. The van der Waals surface area contributed by atoms with Crippen LogP contribution in [0, 0.1) is 6.92 Å². The molecule has 2 aromatic carbocycles. The number of ether oxygens (including phenoxy) is 2. The molecule has 0 aliphatic carbocycles. The summed E-state index contributed by atoms with van der Waals surface area (Å²) in [5, 5.41) is 0.120. The second-order valence-electron chi connectivity index (χ2n) is 5.92. The number of benzene rings is 2. The molecule has 9 heteroatoms. The highest BCUT2D eigenvalue weighted by atomic mass is 19.3. The lowest BCUT2D eigenvalue weighted by Gasteiger charge is -2.17. The Morgan fingerprint density at radius 3 is 2.61 bits per heavy atom. The Kier molecular flexibility index (Phi) is 3.96. The molecule has 146 valence electrons. The van der Waals surface area contributed by atoms with E-state index >= 15 is 0 Å². The zero-order valence-electron chi connectivity index (χ0n) is 17.5. The van der Waals surface area contributed by atoms with E-state index in [0.717, 1.165) is 10.6 Å². The second-order valence-corrected chi connectivity index (χ2v) is 5.92. The summed E-state index contributed by atoms with van der Waals surface area (Å²) in [6.45, 7) is -1.47. The molecule has 0 radical (unpaired) electrons. The number of alkyl halides is 2. The number of carbonyl (C=O) groups is 1. The molecule has 0 amide bonds. The molecule has 0 spiro atoms. The zero-order valence-corrected chi connectivity index (χ0v) is 14.5. The molecule has 1 aromatic heterocycles. The Bertz CT molecular complexity index is 1240. The van der Waals surface area contributed by atoms with Gasteiger partial charge in [-0.15, -0.1) is 0 Å². The summed E-state index contributed by atoms with van der Waals surface area (Å²) in [4.78, 5) is 25.7. The Hall–Kier alpha value is -3.62. The van der Waals surface area contributed by atoms with Crippen molar-refractivity contribution in [1.82, 2.24) is 4.57 Å². The third-order valence-electron chi connectivity index (χ3n) is 4.17. The van der Waals surface area contributed by atoms with Crippen molar-refractivity contribution in [3.05, 3.63) is 57.9 Å². The molecule has 0 unspecified atom stereocenters. The van der Waals surface area contributed by atoms with Gasteiger partial charge in [-0.05, 0) is 42.8 Å². The van der Waals surface area contributed by atoms with Crippen LogP contribution in [0.5, 0.6) is 5.75 Å². The van der Waals surface area contributed by atoms with Gasteiger partial charge in [-0.25, -0.2) is 4.79 Å². The number of nitrogens with two attached hydrogens (primary N) is 2. The first-order chi connectivity index (χ1) is 14.4. The van der Waals surface area contributed by atoms with Gasteiger partial charge in [-0.1, -0.05) is 0 Å². The lowest BCUT2D eigenvalue weighted by atomic mass is 10.1. The summed E-state index contributed by atoms with van der Waals surface area (Å²) in [6.07, 6.45) is 0. The molecule has 0 atom stereocenters. The van der Waals surface area contributed by atoms with Crippen LogP contribution >= 0.6 is 0 Å². The predicted octanol–water partition coefficient (Wildman–Crippen LogP) is 2.85. The first-order valence-corrected chi connectivity index (χ1v) is 7.92. The van der Waals surface area contributed by atoms with Gasteiger partial charge in [-0.3, -0.25) is 9.36 Å². The number of hydrogen-bond acceptors (Lipinski definition) is 6. The molecule has 3 rings (SSSR count). The molecule has 0 aliphatic heterocycles. The van der Waals surface area contributed by atoms with Gasteiger partial charge in [0.2, 0.25) is 0 Å². The van der Waals surface area contributed by atoms with E-state index in [4.69, 9.17) is 15.6 Å². The van der Waals surface area contributed by atoms with Gasteiger partial charge in [0, 0.05) is 17.1 Å². The third-order valence-corrected chi connectivity index (χ3v) is 4.17. The third kappa shape index (κ3) is 3.22. The van der Waals surface area contributed by atoms with Crippen molar-refractivity contribution in [1.29, 1.82) is 0 Å². The van der Waals surface area contributed by atoms with Crippen LogP contribution in [-0.2, 0) is 4.74 Å². The van der Waals surface area contributed by atoms with E-state index in [-0.39, 0.29) is 28.0 Å². The highest BCUT2D eigenvalue weighted by Gasteiger charge is 2.23. The van der Waals surface area contributed by atoms with Crippen molar-refractivity contribution in [2.24, 2.45) is 0 Å². The molecular weight excluding hydrogens is 372 g/mol. The highest BCUT2D eigenvalue weighted by Crippen LogP contribution is 2.30. The van der Waals surface area contributed by atoms with Crippen molar-refractivity contribution in [2.45, 2.75) is 13.5 Å². The van der Waals surface area contributed by atoms with Gasteiger partial charge in [0.1, 0.15) is 11.3 Å². The number of hydrogen-bond donors (Lipinski definition) is 2. The Balaban J connectivity index is 2.41. The number of methoxy groups -OCH3 is 1. The highest BCUT2D eigenvalue weighted by molar-refractivity contribution is 6.04. The van der Waals surface area contributed by atoms with Crippen molar-refractivity contribution in [2.75, 3.05) is 18.5 Å². The fourth-order valence-electron chi connectivity index (χ4n) is 2.99. The Morgan fingerprint density at radius 2 is 1.96 bits per heavy atom. The smallest absolute Gasteiger partial charge is 0.387 e. The van der Waals surface area contributed by atoms with Gasteiger partial charge in [0.05, 0.1) is 28.0 Å². The van der Waals surface area contributed by atoms with E-state index < -0.39 is 30.7 Å². The van der Waals surface area contributed by atoms with Crippen molar-refractivity contribution in [3.8, 4) is 11.4 Å². The van der Waals surface area contributed by atoms with Crippen LogP contribution in [0.4, 0.5) is 20.2 Å². The summed E-state index contributed by atoms with van der Waals surface area (Å²) >= 11 is 0. The van der Waals surface area contributed by atoms with E-state index in [1.807, 2.05) is 0 Å². The normalized spacial score (nSPS) is 13.1. The van der Waals surface area contributed by atoms with E-state index in [1.54, 1.807) is 13.0 Å². The maximum atomic E-state index is 13.3. The van der Waals surface area contributed by atoms with E-state index in [1.165, 1.54) is 24.3 Å². The van der Waals surface area contributed by atoms with Crippen molar-refractivity contribution < 1.29 is 27.2 Å². The van der Waals surface area contributed by atoms with Gasteiger partial charge in [-0.2, -0.15) is 8.78 Å². The number of anilines is 2. The van der Waals surface area contributed by atoms with E-state index in [0.29, 0.717) is 11.3 Å². The molecule has 0 bridgehead atoms. The first-order valence-electron chi connectivity index (χ1n) is 9.42. The quantitative estimate of drug-likeness (QED) is 0.522.